The van der Waals surface area contributed by atoms with Gasteiger partial charge in [0.05, 0.1) is 6.54 Å². The van der Waals surface area contributed by atoms with Crippen LogP contribution in [0.3, 0.4) is 0 Å². The number of nitrogens with one attached hydrogen (secondary N) is 1. The summed E-state index contributed by atoms with van der Waals surface area (Å²) in [6.45, 7) is 22.6. The molecule has 0 aliphatic carbocycles. The van der Waals surface area contributed by atoms with Gasteiger partial charge < -0.3 is 20.0 Å². The highest BCUT2D eigenvalue weighted by molar-refractivity contribution is 5.77. The van der Waals surface area contributed by atoms with E-state index in [1.165, 1.54) is 270 Å². The monoisotopic (exact) mass is 906 g/mol. The zero-order valence-corrected chi connectivity index (χ0v) is 45.1. The van der Waals surface area contributed by atoms with Crippen molar-refractivity contribution in [1.82, 2.24) is 24.9 Å². The van der Waals surface area contributed by atoms with Gasteiger partial charge in [-0.05, 0) is 84.2 Å². The molecule has 1 N–H and O–H groups in total. The van der Waals surface area contributed by atoms with Crippen LogP contribution in [0.4, 0.5) is 0 Å². The van der Waals surface area contributed by atoms with Crippen LogP contribution in [-0.4, -0.2) is 111 Å². The van der Waals surface area contributed by atoms with Crippen LogP contribution in [0, 0.1) is 0 Å². The lowest BCUT2D eigenvalue weighted by atomic mass is 10.1. The number of carbonyl (C=O) groups is 2. The summed E-state index contributed by atoms with van der Waals surface area (Å²) in [5, 5.41) is 2.25. The van der Waals surface area contributed by atoms with Crippen molar-refractivity contribution in [2.24, 2.45) is 0 Å². The van der Waals surface area contributed by atoms with E-state index in [1.807, 2.05) is 0 Å². The lowest BCUT2D eigenvalue weighted by Crippen LogP contribution is -2.43. The van der Waals surface area contributed by atoms with Gasteiger partial charge in [0.1, 0.15) is 0 Å². The number of hydrogen-bond acceptors (Lipinski definition) is 5. The van der Waals surface area contributed by atoms with E-state index in [4.69, 9.17) is 4.79 Å². The van der Waals surface area contributed by atoms with E-state index >= 15 is 0 Å². The third-order valence-corrected chi connectivity index (χ3v) is 13.5. The second-order valence-electron chi connectivity index (χ2n) is 19.8. The van der Waals surface area contributed by atoms with E-state index in [2.05, 4.69) is 66.6 Å². The van der Waals surface area contributed by atoms with Crippen LogP contribution in [0.2, 0.25) is 0 Å². The lowest BCUT2D eigenvalue weighted by molar-refractivity contribution is -0.131. The third kappa shape index (κ3) is 50.2. The molecule has 0 aromatic heterocycles. The maximum Gasteiger partial charge on any atom is 0.236 e. The van der Waals surface area contributed by atoms with Crippen molar-refractivity contribution in [3.05, 3.63) is 0 Å². The number of likely N-dealkylation sites (N-methyl/N-ethyl adjacent to an activating group) is 1. The van der Waals surface area contributed by atoms with E-state index in [1.54, 1.807) is 7.05 Å². The van der Waals surface area contributed by atoms with Gasteiger partial charge in [-0.25, -0.2) is 0 Å². The fourth-order valence-corrected chi connectivity index (χ4v) is 8.98. The van der Waals surface area contributed by atoms with Crippen molar-refractivity contribution in [2.75, 3.05) is 79.5 Å². The van der Waals surface area contributed by atoms with Crippen molar-refractivity contribution in [2.45, 2.75) is 279 Å². The van der Waals surface area contributed by atoms with Gasteiger partial charge in [0, 0.05) is 33.7 Å². The van der Waals surface area contributed by atoms with E-state index in [-0.39, 0.29) is 0 Å². The maximum absolute atomic E-state index is 13.7. The van der Waals surface area contributed by atoms with Crippen LogP contribution in [0.5, 0.6) is 0 Å². The Labute approximate surface area is 403 Å². The normalized spacial score (nSPS) is 11.5. The molecule has 2 amide bonds. The molecule has 0 saturated heterocycles. The van der Waals surface area contributed by atoms with Crippen molar-refractivity contribution < 1.29 is 9.59 Å². The summed E-state index contributed by atoms with van der Waals surface area (Å²) in [6.07, 6.45) is 52.4. The van der Waals surface area contributed by atoms with Crippen molar-refractivity contribution in [3.63, 3.8) is 0 Å². The van der Waals surface area contributed by atoms with Gasteiger partial charge >= 0.3 is 0 Å². The summed E-state index contributed by atoms with van der Waals surface area (Å²) in [5.74, 6) is 0.336. The van der Waals surface area contributed by atoms with E-state index in [0.717, 1.165) is 32.6 Å². The highest BCUT2D eigenvalue weighted by Gasteiger charge is 2.16. The van der Waals surface area contributed by atoms with Gasteiger partial charge in [-0.3, -0.25) is 14.5 Å². The summed E-state index contributed by atoms with van der Waals surface area (Å²) in [4.78, 5) is 33.0. The third-order valence-electron chi connectivity index (χ3n) is 13.5. The molecule has 7 nitrogen and oxygen atoms in total. The first-order valence-corrected chi connectivity index (χ1v) is 29.0. The Kier molecular flexibility index (Phi) is 56.9. The van der Waals surface area contributed by atoms with Crippen LogP contribution in [0.15, 0.2) is 0 Å². The summed E-state index contributed by atoms with van der Waals surface area (Å²) in [6, 6.07) is 0. The van der Waals surface area contributed by atoms with E-state index in [0.29, 0.717) is 18.9 Å². The SMILES string of the molecule is CCCCCCCCCN(CCCCCCCCC)CCCCCN(C)C(=O)CN(CCCCCCCCC)CCN(CCCCCCCCC)CCCCCCCCC.CNC=O. The Morgan fingerprint density at radius 3 is 0.812 bits per heavy atom. The topological polar surface area (TPSA) is 59.1 Å². The van der Waals surface area contributed by atoms with E-state index in [9.17, 15) is 4.79 Å². The molecular formula is C57H119N5O2. The first-order chi connectivity index (χ1) is 31.4. The first-order valence-electron chi connectivity index (χ1n) is 29.0. The Morgan fingerprint density at radius 1 is 0.328 bits per heavy atom. The van der Waals surface area contributed by atoms with Crippen molar-refractivity contribution in [1.29, 1.82) is 0 Å². The fourth-order valence-electron chi connectivity index (χ4n) is 8.98. The molecule has 0 aliphatic rings. The molecule has 64 heavy (non-hydrogen) atoms. The van der Waals surface area contributed by atoms with Crippen LogP contribution in [-0.2, 0) is 9.59 Å². The van der Waals surface area contributed by atoms with Gasteiger partial charge in [0.2, 0.25) is 12.3 Å². The Bertz CT molecular complexity index is 854. The quantitative estimate of drug-likeness (QED) is 0.0487. The minimum Gasteiger partial charge on any atom is -0.362 e. The van der Waals surface area contributed by atoms with Gasteiger partial charge in [-0.1, -0.05) is 234 Å². The summed E-state index contributed by atoms with van der Waals surface area (Å²) >= 11 is 0. The van der Waals surface area contributed by atoms with Crippen LogP contribution in [0.25, 0.3) is 0 Å². The number of unbranched alkanes of at least 4 members (excludes halogenated alkanes) is 32. The average molecular weight is 907 g/mol. The zero-order valence-electron chi connectivity index (χ0n) is 45.1. The number of nitrogens with zero attached hydrogens (tertiary/aromatic N) is 4. The molecular weight excluding hydrogens is 787 g/mol. The second-order valence-corrected chi connectivity index (χ2v) is 19.8. The molecule has 0 radical (unpaired) electrons. The average Bonchev–Trinajstić information content (AvgIpc) is 3.30. The number of hydrogen-bond donors (Lipinski definition) is 1. The molecule has 0 rings (SSSR count). The smallest absolute Gasteiger partial charge is 0.236 e. The molecule has 0 spiro atoms. The molecule has 0 aromatic carbocycles. The summed E-state index contributed by atoms with van der Waals surface area (Å²) in [7, 11) is 3.64. The van der Waals surface area contributed by atoms with Crippen LogP contribution in [0.1, 0.15) is 279 Å². The number of carbonyl (C=O) groups excluding carboxylic acids is 2. The Morgan fingerprint density at radius 2 is 0.531 bits per heavy atom. The minimum atomic E-state index is 0.336. The highest BCUT2D eigenvalue weighted by atomic mass is 16.2. The molecule has 7 heteroatoms. The predicted molar refractivity (Wildman–Crippen MR) is 286 cm³/mol. The van der Waals surface area contributed by atoms with Crippen LogP contribution >= 0.6 is 0 Å². The first kappa shape index (κ1) is 64.9. The predicted octanol–water partition coefficient (Wildman–Crippen LogP) is 15.6. The van der Waals surface area contributed by atoms with Gasteiger partial charge in [-0.15, -0.1) is 0 Å². The molecule has 0 heterocycles. The zero-order chi connectivity index (χ0) is 47.2. The minimum absolute atomic E-state index is 0.336. The van der Waals surface area contributed by atoms with Crippen molar-refractivity contribution in [3.8, 4) is 0 Å². The van der Waals surface area contributed by atoms with Gasteiger partial charge in [0.15, 0.2) is 0 Å². The Balaban J connectivity index is 0. The Hall–Kier alpha value is -1.18. The lowest BCUT2D eigenvalue weighted by Gasteiger charge is -2.29. The number of rotatable bonds is 52. The van der Waals surface area contributed by atoms with Crippen LogP contribution < -0.4 is 5.32 Å². The van der Waals surface area contributed by atoms with Gasteiger partial charge in [-0.2, -0.15) is 0 Å². The molecule has 0 saturated carbocycles. The molecule has 0 aliphatic heterocycles. The molecule has 0 unspecified atom stereocenters. The summed E-state index contributed by atoms with van der Waals surface area (Å²) in [5.41, 5.74) is 0. The molecule has 384 valence electrons. The largest absolute Gasteiger partial charge is 0.362 e. The molecule has 0 bridgehead atoms. The molecule has 0 aromatic rings. The standard InChI is InChI=1S/C55H114N4O.C2H5NO/c1-7-12-17-22-27-32-39-46-57(47-40-33-28-23-18-13-8-2)48-44-37-38-45-56(6)55(60)54-59(51-43-36-31-26-21-16-11-5)53-52-58(49-41-34-29-24-19-14-9-3)50-42-35-30-25-20-15-10-4;1-3-2-4/h7-54H2,1-6H3;2H,1H3,(H,3,4). The molecule has 0 fully saturated rings. The van der Waals surface area contributed by atoms with Gasteiger partial charge in [0.25, 0.3) is 0 Å². The van der Waals surface area contributed by atoms with E-state index < -0.39 is 0 Å². The molecule has 0 atom stereocenters. The fraction of sp³-hybridized carbons (Fsp3) is 0.965. The maximum atomic E-state index is 13.7. The van der Waals surface area contributed by atoms with Crippen molar-refractivity contribution >= 4 is 12.3 Å². The number of amides is 2. The second kappa shape index (κ2) is 56.1. The highest BCUT2D eigenvalue weighted by Crippen LogP contribution is 2.14. The summed E-state index contributed by atoms with van der Waals surface area (Å²) < 4.78 is 0.